The summed E-state index contributed by atoms with van der Waals surface area (Å²) in [5, 5.41) is 1.96. The van der Waals surface area contributed by atoms with Crippen molar-refractivity contribution in [1.82, 2.24) is 9.62 Å². The van der Waals surface area contributed by atoms with Crippen molar-refractivity contribution in [1.29, 1.82) is 0 Å². The lowest BCUT2D eigenvalue weighted by atomic mass is 10.1. The zero-order valence-electron chi connectivity index (χ0n) is 14.8. The molecule has 4 nitrogen and oxygen atoms in total. The number of thiophene rings is 1. The second-order valence-electron chi connectivity index (χ2n) is 6.82. The molecule has 0 radical (unpaired) electrons. The van der Waals surface area contributed by atoms with Crippen LogP contribution in [0.5, 0.6) is 0 Å². The Morgan fingerprint density at radius 3 is 2.41 bits per heavy atom. The summed E-state index contributed by atoms with van der Waals surface area (Å²) in [6.45, 7) is 2.52. The molecule has 1 aliphatic rings. The Morgan fingerprint density at radius 2 is 1.70 bits per heavy atom. The summed E-state index contributed by atoms with van der Waals surface area (Å²) in [4.78, 5) is 3.86. The number of piperidine rings is 1. The van der Waals surface area contributed by atoms with Crippen LogP contribution in [0, 0.1) is 0 Å². The second kappa shape index (κ2) is 7.89. The highest BCUT2D eigenvalue weighted by Crippen LogP contribution is 2.36. The van der Waals surface area contributed by atoms with Crippen molar-refractivity contribution >= 4 is 43.0 Å². The molecule has 1 saturated heterocycles. The number of sulfonamides is 1. The Hall–Kier alpha value is -1.44. The third-order valence-corrected chi connectivity index (χ3v) is 8.17. The summed E-state index contributed by atoms with van der Waals surface area (Å²) in [6, 6.07) is 16.7. The van der Waals surface area contributed by atoms with Crippen molar-refractivity contribution < 1.29 is 8.42 Å². The summed E-state index contributed by atoms with van der Waals surface area (Å²) in [6.07, 6.45) is 1.60. The first-order valence-electron chi connectivity index (χ1n) is 8.98. The minimum absolute atomic E-state index is 0.0238. The van der Waals surface area contributed by atoms with Gasteiger partial charge >= 0.3 is 0 Å². The van der Waals surface area contributed by atoms with Crippen LogP contribution in [0.2, 0.25) is 5.02 Å². The smallest absolute Gasteiger partial charge is 0.240 e. The van der Waals surface area contributed by atoms with Crippen LogP contribution < -0.4 is 4.72 Å². The number of halogens is 1. The number of nitrogens with zero attached hydrogens (tertiary/aromatic N) is 1. The molecule has 0 aliphatic carbocycles. The molecule has 7 heteroatoms. The molecule has 1 aliphatic heterocycles. The zero-order chi connectivity index (χ0) is 18.9. The molecule has 1 N–H and O–H groups in total. The van der Waals surface area contributed by atoms with Crippen molar-refractivity contribution in [3.05, 3.63) is 64.5 Å². The van der Waals surface area contributed by atoms with Crippen LogP contribution in [0.1, 0.15) is 17.7 Å². The highest BCUT2D eigenvalue weighted by molar-refractivity contribution is 7.89. The number of rotatable bonds is 5. The molecule has 1 aromatic heterocycles. The van der Waals surface area contributed by atoms with Gasteiger partial charge in [0.1, 0.15) is 0 Å². The minimum Gasteiger partial charge on any atom is -0.298 e. The average molecular weight is 421 g/mol. The molecule has 27 heavy (non-hydrogen) atoms. The van der Waals surface area contributed by atoms with Gasteiger partial charge in [-0.2, -0.15) is 0 Å². The van der Waals surface area contributed by atoms with Crippen molar-refractivity contribution in [2.24, 2.45) is 0 Å². The van der Waals surface area contributed by atoms with E-state index in [0.29, 0.717) is 4.90 Å². The van der Waals surface area contributed by atoms with Crippen LogP contribution >= 0.6 is 22.9 Å². The third-order valence-electron chi connectivity index (χ3n) is 4.93. The molecule has 0 bridgehead atoms. The number of hydrogen-bond donors (Lipinski definition) is 1. The number of likely N-dealkylation sites (tertiary alicyclic amines) is 1. The van der Waals surface area contributed by atoms with E-state index >= 15 is 0 Å². The fourth-order valence-electron chi connectivity index (χ4n) is 3.47. The Kier molecular flexibility index (Phi) is 5.53. The number of hydrogen-bond acceptors (Lipinski definition) is 4. The first-order valence-corrected chi connectivity index (χ1v) is 11.7. The Bertz CT molecular complexity index is 1030. The van der Waals surface area contributed by atoms with E-state index in [1.165, 1.54) is 9.58 Å². The molecule has 0 atom stereocenters. The van der Waals surface area contributed by atoms with Crippen LogP contribution in [0.4, 0.5) is 0 Å². The van der Waals surface area contributed by atoms with Gasteiger partial charge in [-0.25, -0.2) is 13.1 Å². The van der Waals surface area contributed by atoms with Gasteiger partial charge in [-0.3, -0.25) is 4.90 Å². The number of fused-ring (bicyclic) bond motifs is 1. The molecular weight excluding hydrogens is 400 g/mol. The lowest BCUT2D eigenvalue weighted by molar-refractivity contribution is 0.201. The molecule has 2 aromatic carbocycles. The van der Waals surface area contributed by atoms with Crippen LogP contribution in [-0.2, 0) is 16.6 Å². The van der Waals surface area contributed by atoms with E-state index in [1.807, 2.05) is 18.2 Å². The molecule has 3 aromatic rings. The fourth-order valence-corrected chi connectivity index (χ4v) is 6.33. The molecule has 0 spiro atoms. The Labute approximate surface area is 168 Å². The third kappa shape index (κ3) is 4.20. The average Bonchev–Trinajstić information content (AvgIpc) is 3.00. The highest BCUT2D eigenvalue weighted by Gasteiger charge is 2.25. The van der Waals surface area contributed by atoms with Gasteiger partial charge < -0.3 is 0 Å². The summed E-state index contributed by atoms with van der Waals surface area (Å²) in [5.74, 6) is 0. The van der Waals surface area contributed by atoms with Crippen molar-refractivity contribution in [2.45, 2.75) is 30.3 Å². The lowest BCUT2D eigenvalue weighted by Gasteiger charge is -2.32. The first-order chi connectivity index (χ1) is 13.0. The maximum absolute atomic E-state index is 12.5. The summed E-state index contributed by atoms with van der Waals surface area (Å²) >= 11 is 8.29. The van der Waals surface area contributed by atoms with Gasteiger partial charge in [0.15, 0.2) is 0 Å². The van der Waals surface area contributed by atoms with Crippen molar-refractivity contribution in [3.63, 3.8) is 0 Å². The van der Waals surface area contributed by atoms with E-state index in [0.717, 1.165) is 42.9 Å². The van der Waals surface area contributed by atoms with Gasteiger partial charge in [0.2, 0.25) is 10.0 Å². The predicted octanol–water partition coefficient (Wildman–Crippen LogP) is 4.50. The topological polar surface area (TPSA) is 49.4 Å². The highest BCUT2D eigenvalue weighted by atomic mass is 35.5. The molecule has 1 fully saturated rings. The predicted molar refractivity (Wildman–Crippen MR) is 112 cm³/mol. The van der Waals surface area contributed by atoms with Gasteiger partial charge in [-0.1, -0.05) is 48.0 Å². The summed E-state index contributed by atoms with van der Waals surface area (Å²) < 4.78 is 29.0. The molecule has 142 valence electrons. The van der Waals surface area contributed by atoms with E-state index in [4.69, 9.17) is 11.6 Å². The maximum Gasteiger partial charge on any atom is 0.240 e. The maximum atomic E-state index is 12.5. The Balaban J connectivity index is 1.37. The van der Waals surface area contributed by atoms with Crippen molar-refractivity contribution in [2.75, 3.05) is 13.1 Å². The zero-order valence-corrected chi connectivity index (χ0v) is 17.2. The molecule has 0 unspecified atom stereocenters. The monoisotopic (exact) mass is 420 g/mol. The Morgan fingerprint density at radius 1 is 1.04 bits per heavy atom. The molecular formula is C20H21ClN2O2S2. The molecule has 0 saturated carbocycles. The molecule has 2 heterocycles. The van der Waals surface area contributed by atoms with Crippen LogP contribution in [0.25, 0.3) is 10.1 Å². The van der Waals surface area contributed by atoms with Gasteiger partial charge in [-0.05, 0) is 31.0 Å². The lowest BCUT2D eigenvalue weighted by Crippen LogP contribution is -2.44. The van der Waals surface area contributed by atoms with Crippen LogP contribution in [0.3, 0.4) is 0 Å². The van der Waals surface area contributed by atoms with E-state index in [1.54, 1.807) is 35.6 Å². The molecule has 0 amide bonds. The van der Waals surface area contributed by atoms with E-state index in [9.17, 15) is 8.42 Å². The van der Waals surface area contributed by atoms with Crippen LogP contribution in [0.15, 0.2) is 59.5 Å². The van der Waals surface area contributed by atoms with Gasteiger partial charge in [0, 0.05) is 40.6 Å². The van der Waals surface area contributed by atoms with Gasteiger partial charge in [0.25, 0.3) is 0 Å². The summed E-state index contributed by atoms with van der Waals surface area (Å²) in [7, 11) is -3.45. The normalized spacial score (nSPS) is 16.8. The standard InChI is InChI=1S/C20H21ClN2O2S2/c21-20-17-8-4-5-9-18(17)26-19(20)14-23-12-10-15(11-13-23)22-27(24,25)16-6-2-1-3-7-16/h1-9,15,22H,10-14H2. The SMILES string of the molecule is O=S(=O)(NC1CCN(Cc2sc3ccccc3c2Cl)CC1)c1ccccc1. The fraction of sp³-hybridized carbons (Fsp3) is 0.300. The minimum atomic E-state index is -3.45. The number of benzene rings is 2. The van der Waals surface area contributed by atoms with Crippen molar-refractivity contribution in [3.8, 4) is 0 Å². The van der Waals surface area contributed by atoms with E-state index in [-0.39, 0.29) is 6.04 Å². The summed E-state index contributed by atoms with van der Waals surface area (Å²) in [5.41, 5.74) is 0. The molecule has 4 rings (SSSR count). The van der Waals surface area contributed by atoms with Gasteiger partial charge in [-0.15, -0.1) is 11.3 Å². The van der Waals surface area contributed by atoms with E-state index < -0.39 is 10.0 Å². The quantitative estimate of drug-likeness (QED) is 0.661. The van der Waals surface area contributed by atoms with E-state index in [2.05, 4.69) is 21.8 Å². The first kappa shape index (κ1) is 18.9. The number of nitrogens with one attached hydrogen (secondary N) is 1. The largest absolute Gasteiger partial charge is 0.298 e. The van der Waals surface area contributed by atoms with Crippen LogP contribution in [-0.4, -0.2) is 32.4 Å². The second-order valence-corrected chi connectivity index (χ2v) is 10.0. The van der Waals surface area contributed by atoms with Gasteiger partial charge in [0.05, 0.1) is 9.92 Å².